The molecule has 0 bridgehead atoms. The number of aromatic nitrogens is 2. The molecule has 5 nitrogen and oxygen atoms in total. The van der Waals surface area contributed by atoms with Gasteiger partial charge in [-0.2, -0.15) is 4.98 Å². The van der Waals surface area contributed by atoms with Crippen LogP contribution in [0.2, 0.25) is 0 Å². The minimum atomic E-state index is 0.599. The van der Waals surface area contributed by atoms with Crippen LogP contribution in [0.4, 0.5) is 0 Å². The number of rotatable bonds is 3. The average molecular weight is 196 g/mol. The Hall–Kier alpha value is -0.940. The van der Waals surface area contributed by atoms with Gasteiger partial charge in [0.15, 0.2) is 5.82 Å². The van der Waals surface area contributed by atoms with E-state index in [1.54, 1.807) is 0 Å². The smallest absolute Gasteiger partial charge is 0.213 e. The number of hydrogen-bond acceptors (Lipinski definition) is 5. The summed E-state index contributed by atoms with van der Waals surface area (Å²) in [6.45, 7) is 2.98. The van der Waals surface area contributed by atoms with Gasteiger partial charge >= 0.3 is 0 Å². The Morgan fingerprint density at radius 1 is 1.71 bits per heavy atom. The van der Waals surface area contributed by atoms with E-state index in [0.717, 1.165) is 25.5 Å². The van der Waals surface area contributed by atoms with Gasteiger partial charge in [0.25, 0.3) is 0 Å². The van der Waals surface area contributed by atoms with Gasteiger partial charge in [0.05, 0.1) is 6.54 Å². The van der Waals surface area contributed by atoms with E-state index in [1.807, 2.05) is 0 Å². The van der Waals surface area contributed by atoms with Gasteiger partial charge in [0, 0.05) is 12.6 Å². The van der Waals surface area contributed by atoms with Crippen molar-refractivity contribution in [3.8, 4) is 0 Å². The van der Waals surface area contributed by atoms with Gasteiger partial charge in [-0.25, -0.2) is 0 Å². The predicted molar refractivity (Wildman–Crippen MR) is 51.7 cm³/mol. The van der Waals surface area contributed by atoms with E-state index in [0.29, 0.717) is 6.04 Å². The minimum Gasteiger partial charge on any atom is -0.343 e. The third-order valence-electron chi connectivity index (χ3n) is 2.69. The molecule has 1 aromatic heterocycles. The molecular formula is C9H16N4O. The van der Waals surface area contributed by atoms with Crippen LogP contribution >= 0.6 is 0 Å². The maximum atomic E-state index is 4.70. The molecule has 0 saturated carbocycles. The monoisotopic (exact) mass is 196 g/mol. The van der Waals surface area contributed by atoms with Gasteiger partial charge in [-0.3, -0.25) is 4.90 Å². The largest absolute Gasteiger partial charge is 0.343 e. The molecule has 2 heterocycles. The summed E-state index contributed by atoms with van der Waals surface area (Å²) in [6, 6.07) is 0.599. The number of nitrogens with zero attached hydrogens (tertiary/aromatic N) is 3. The Labute approximate surface area is 83.5 Å². The van der Waals surface area contributed by atoms with E-state index in [4.69, 9.17) is 4.52 Å². The van der Waals surface area contributed by atoms with Crippen molar-refractivity contribution in [3.05, 3.63) is 12.2 Å². The second-order valence-corrected chi connectivity index (χ2v) is 3.76. The fourth-order valence-corrected chi connectivity index (χ4v) is 1.82. The Kier molecular flexibility index (Phi) is 3.10. The zero-order chi connectivity index (χ0) is 9.80. The van der Waals surface area contributed by atoms with Crippen molar-refractivity contribution in [2.24, 2.45) is 0 Å². The summed E-state index contributed by atoms with van der Waals surface area (Å²) in [4.78, 5) is 6.29. The van der Waals surface area contributed by atoms with Crippen LogP contribution in [-0.4, -0.2) is 41.2 Å². The molecule has 1 saturated heterocycles. The van der Waals surface area contributed by atoms with Gasteiger partial charge < -0.3 is 9.84 Å². The molecule has 1 aromatic rings. The zero-order valence-corrected chi connectivity index (χ0v) is 8.44. The summed E-state index contributed by atoms with van der Waals surface area (Å²) in [5.41, 5.74) is 0. The average Bonchev–Trinajstić information content (AvgIpc) is 2.72. The van der Waals surface area contributed by atoms with E-state index in [2.05, 4.69) is 27.4 Å². The molecule has 0 aliphatic carbocycles. The first-order valence-electron chi connectivity index (χ1n) is 5.02. The van der Waals surface area contributed by atoms with Crippen LogP contribution in [0.25, 0.3) is 0 Å². The highest BCUT2D eigenvalue weighted by Crippen LogP contribution is 2.10. The summed E-state index contributed by atoms with van der Waals surface area (Å²) in [5, 5.41) is 7.19. The van der Waals surface area contributed by atoms with Crippen LogP contribution in [0.15, 0.2) is 10.9 Å². The lowest BCUT2D eigenvalue weighted by molar-refractivity contribution is 0.190. The lowest BCUT2D eigenvalue weighted by Gasteiger charge is -2.30. The Morgan fingerprint density at radius 2 is 2.64 bits per heavy atom. The SMILES string of the molecule is CN(Cc1ncon1)C1CCCNC1. The molecule has 2 rings (SSSR count). The van der Waals surface area contributed by atoms with E-state index >= 15 is 0 Å². The summed E-state index contributed by atoms with van der Waals surface area (Å²) >= 11 is 0. The molecule has 1 N–H and O–H groups in total. The molecule has 0 spiro atoms. The lowest BCUT2D eigenvalue weighted by Crippen LogP contribution is -2.43. The third kappa shape index (κ3) is 2.30. The van der Waals surface area contributed by atoms with Crippen molar-refractivity contribution >= 4 is 0 Å². The first kappa shape index (κ1) is 9.61. The predicted octanol–water partition coefficient (Wildman–Crippen LogP) is 0.253. The topological polar surface area (TPSA) is 54.2 Å². The number of hydrogen-bond donors (Lipinski definition) is 1. The van der Waals surface area contributed by atoms with Crippen molar-refractivity contribution in [1.82, 2.24) is 20.4 Å². The van der Waals surface area contributed by atoms with Crippen molar-refractivity contribution in [1.29, 1.82) is 0 Å². The van der Waals surface area contributed by atoms with Crippen molar-refractivity contribution < 1.29 is 4.52 Å². The molecule has 0 amide bonds. The lowest BCUT2D eigenvalue weighted by atomic mass is 10.1. The van der Waals surface area contributed by atoms with E-state index < -0.39 is 0 Å². The normalized spacial score (nSPS) is 22.9. The zero-order valence-electron chi connectivity index (χ0n) is 8.44. The van der Waals surface area contributed by atoms with Gasteiger partial charge in [-0.1, -0.05) is 5.16 Å². The molecule has 1 aliphatic heterocycles. The standard InChI is InChI=1S/C9H16N4O/c1-13(6-9-11-7-14-12-9)8-3-2-4-10-5-8/h7-8,10H,2-6H2,1H3. The molecule has 1 atom stereocenters. The van der Waals surface area contributed by atoms with Crippen LogP contribution < -0.4 is 5.32 Å². The molecule has 78 valence electrons. The fraction of sp³-hybridized carbons (Fsp3) is 0.778. The van der Waals surface area contributed by atoms with E-state index in [1.165, 1.54) is 19.2 Å². The van der Waals surface area contributed by atoms with E-state index in [9.17, 15) is 0 Å². The maximum absolute atomic E-state index is 4.70. The van der Waals surface area contributed by atoms with Gasteiger partial charge in [0.1, 0.15) is 0 Å². The molecule has 0 radical (unpaired) electrons. The van der Waals surface area contributed by atoms with Gasteiger partial charge in [-0.15, -0.1) is 0 Å². The number of likely N-dealkylation sites (N-methyl/N-ethyl adjacent to an activating group) is 1. The first-order chi connectivity index (χ1) is 6.86. The number of nitrogens with one attached hydrogen (secondary N) is 1. The summed E-state index contributed by atoms with van der Waals surface area (Å²) in [7, 11) is 2.11. The van der Waals surface area contributed by atoms with Crippen LogP contribution in [0, 0.1) is 0 Å². The highest BCUT2D eigenvalue weighted by molar-refractivity contribution is 4.82. The van der Waals surface area contributed by atoms with Gasteiger partial charge in [0.2, 0.25) is 6.39 Å². The van der Waals surface area contributed by atoms with Crippen LogP contribution in [-0.2, 0) is 6.54 Å². The van der Waals surface area contributed by atoms with Crippen molar-refractivity contribution in [2.75, 3.05) is 20.1 Å². The third-order valence-corrected chi connectivity index (χ3v) is 2.69. The molecular weight excluding hydrogens is 180 g/mol. The molecule has 1 unspecified atom stereocenters. The van der Waals surface area contributed by atoms with Gasteiger partial charge in [-0.05, 0) is 26.4 Å². The van der Waals surface area contributed by atoms with Crippen LogP contribution in [0.1, 0.15) is 18.7 Å². The Balaban J connectivity index is 1.85. The first-order valence-corrected chi connectivity index (χ1v) is 5.02. The molecule has 0 aromatic carbocycles. The van der Waals surface area contributed by atoms with Crippen molar-refractivity contribution in [3.63, 3.8) is 0 Å². The molecule has 1 fully saturated rings. The highest BCUT2D eigenvalue weighted by Gasteiger charge is 2.18. The molecule has 14 heavy (non-hydrogen) atoms. The van der Waals surface area contributed by atoms with E-state index in [-0.39, 0.29) is 0 Å². The Bertz CT molecular complexity index is 256. The summed E-state index contributed by atoms with van der Waals surface area (Å²) in [6.07, 6.45) is 3.88. The molecule has 5 heteroatoms. The fourth-order valence-electron chi connectivity index (χ4n) is 1.82. The quantitative estimate of drug-likeness (QED) is 0.751. The Morgan fingerprint density at radius 3 is 3.29 bits per heavy atom. The number of piperidine rings is 1. The highest BCUT2D eigenvalue weighted by atomic mass is 16.5. The maximum Gasteiger partial charge on any atom is 0.213 e. The second-order valence-electron chi connectivity index (χ2n) is 3.76. The summed E-state index contributed by atoms with van der Waals surface area (Å²) < 4.78 is 4.70. The summed E-state index contributed by atoms with van der Waals surface area (Å²) in [5.74, 6) is 0.762. The van der Waals surface area contributed by atoms with Crippen LogP contribution in [0.3, 0.4) is 0 Å². The van der Waals surface area contributed by atoms with Crippen molar-refractivity contribution in [2.45, 2.75) is 25.4 Å². The minimum absolute atomic E-state index is 0.599. The second kappa shape index (κ2) is 4.52. The van der Waals surface area contributed by atoms with Crippen LogP contribution in [0.5, 0.6) is 0 Å². The molecule has 1 aliphatic rings.